The summed E-state index contributed by atoms with van der Waals surface area (Å²) in [7, 11) is 0. The number of carbonyl (C=O) groups excluding carboxylic acids is 1. The van der Waals surface area contributed by atoms with Crippen molar-refractivity contribution in [3.63, 3.8) is 0 Å². The maximum absolute atomic E-state index is 13.2. The molecule has 0 aliphatic rings. The smallest absolute Gasteiger partial charge is 0.420 e. The third kappa shape index (κ3) is 4.03. The molecule has 0 bridgehead atoms. The number of rotatable bonds is 4. The van der Waals surface area contributed by atoms with Crippen LogP contribution in [0.5, 0.6) is 0 Å². The van der Waals surface area contributed by atoms with Gasteiger partial charge in [-0.15, -0.1) is 22.7 Å². The van der Waals surface area contributed by atoms with E-state index in [1.54, 1.807) is 22.4 Å². The second-order valence-electron chi connectivity index (χ2n) is 7.49. The van der Waals surface area contributed by atoms with Crippen LogP contribution < -0.4 is 4.90 Å². The zero-order chi connectivity index (χ0) is 21.3. The Morgan fingerprint density at radius 1 is 1.20 bits per heavy atom. The maximum Gasteiger partial charge on any atom is 0.420 e. The molecule has 1 amide bonds. The summed E-state index contributed by atoms with van der Waals surface area (Å²) in [6.45, 7) is 7.60. The molecule has 0 saturated carbocycles. The molecule has 0 spiro atoms. The minimum Gasteiger partial charge on any atom is -0.443 e. The molecule has 0 N–H and O–H groups in total. The van der Waals surface area contributed by atoms with Gasteiger partial charge in [0.05, 0.1) is 10.4 Å². The average Bonchev–Trinajstić information content (AvgIpc) is 3.40. The Labute approximate surface area is 187 Å². The molecular weight excluding hydrogens is 434 g/mol. The number of ether oxygens (including phenoxy) is 1. The highest BCUT2D eigenvalue weighted by Crippen LogP contribution is 2.47. The average molecular weight is 456 g/mol. The van der Waals surface area contributed by atoms with E-state index < -0.39 is 11.7 Å². The number of anilines is 2. The molecule has 30 heavy (non-hydrogen) atoms. The summed E-state index contributed by atoms with van der Waals surface area (Å²) in [5, 5.41) is 3.51. The number of hydrogen-bond donors (Lipinski definition) is 0. The van der Waals surface area contributed by atoms with Gasteiger partial charge in [-0.2, -0.15) is 4.37 Å². The summed E-state index contributed by atoms with van der Waals surface area (Å²) in [5.41, 5.74) is 2.12. The minimum absolute atomic E-state index is 0.407. The van der Waals surface area contributed by atoms with Crippen molar-refractivity contribution < 1.29 is 9.53 Å². The van der Waals surface area contributed by atoms with Crippen molar-refractivity contribution in [2.24, 2.45) is 0 Å². The number of aromatic nitrogens is 2. The molecule has 0 fully saturated rings. The molecule has 0 unspecified atom stereocenters. The Kier molecular flexibility index (Phi) is 5.73. The van der Waals surface area contributed by atoms with E-state index in [1.165, 1.54) is 22.9 Å². The van der Waals surface area contributed by atoms with Crippen LogP contribution >= 0.6 is 34.2 Å². The summed E-state index contributed by atoms with van der Waals surface area (Å²) in [6, 6.07) is 9.69. The van der Waals surface area contributed by atoms with Crippen molar-refractivity contribution in [2.75, 3.05) is 4.90 Å². The van der Waals surface area contributed by atoms with Crippen molar-refractivity contribution in [2.45, 2.75) is 33.3 Å². The number of thiophene rings is 2. The van der Waals surface area contributed by atoms with Crippen LogP contribution in [0.2, 0.25) is 0 Å². The van der Waals surface area contributed by atoms with Gasteiger partial charge in [0.1, 0.15) is 21.1 Å². The molecule has 4 rings (SSSR count). The zero-order valence-electron chi connectivity index (χ0n) is 17.1. The lowest BCUT2D eigenvalue weighted by atomic mass is 10.1. The van der Waals surface area contributed by atoms with Gasteiger partial charge in [0.15, 0.2) is 0 Å². The first kappa shape index (κ1) is 20.7. The minimum atomic E-state index is -0.596. The summed E-state index contributed by atoms with van der Waals surface area (Å²) in [4.78, 5) is 20.4. The normalized spacial score (nSPS) is 12.0. The maximum atomic E-state index is 13.2. The lowest BCUT2D eigenvalue weighted by molar-refractivity contribution is 0.0601. The van der Waals surface area contributed by atoms with E-state index in [4.69, 9.17) is 9.11 Å². The van der Waals surface area contributed by atoms with E-state index in [-0.39, 0.29) is 0 Å². The van der Waals surface area contributed by atoms with Gasteiger partial charge in [-0.1, -0.05) is 12.1 Å². The Morgan fingerprint density at radius 2 is 2.03 bits per heavy atom. The van der Waals surface area contributed by atoms with E-state index >= 15 is 0 Å². The first-order valence-corrected chi connectivity index (χ1v) is 11.9. The highest BCUT2D eigenvalue weighted by molar-refractivity contribution is 7.26. The molecule has 4 heterocycles. The molecule has 0 aliphatic carbocycles. The van der Waals surface area contributed by atoms with Crippen molar-refractivity contribution in [1.82, 2.24) is 9.36 Å². The first-order valence-electron chi connectivity index (χ1n) is 9.42. The summed E-state index contributed by atoms with van der Waals surface area (Å²) < 4.78 is 11.4. The van der Waals surface area contributed by atoms with Gasteiger partial charge in [0, 0.05) is 16.6 Å². The Hall–Kier alpha value is -2.55. The largest absolute Gasteiger partial charge is 0.443 e. The van der Waals surface area contributed by atoms with Crippen LogP contribution in [0.25, 0.3) is 27.6 Å². The molecule has 0 aliphatic heterocycles. The van der Waals surface area contributed by atoms with Gasteiger partial charge in [0.2, 0.25) is 0 Å². The van der Waals surface area contributed by atoms with Crippen LogP contribution in [-0.2, 0) is 4.74 Å². The van der Waals surface area contributed by atoms with Crippen molar-refractivity contribution >= 4 is 66.6 Å². The van der Waals surface area contributed by atoms with Gasteiger partial charge >= 0.3 is 6.09 Å². The Balaban J connectivity index is 1.90. The first-order chi connectivity index (χ1) is 14.4. The van der Waals surface area contributed by atoms with Crippen molar-refractivity contribution in [1.29, 1.82) is 0 Å². The van der Waals surface area contributed by atoms with Crippen LogP contribution in [0.15, 0.2) is 48.0 Å². The number of pyridine rings is 1. The van der Waals surface area contributed by atoms with Crippen LogP contribution in [-0.4, -0.2) is 21.1 Å². The van der Waals surface area contributed by atoms with Gasteiger partial charge in [-0.05, 0) is 74.9 Å². The highest BCUT2D eigenvalue weighted by atomic mass is 32.1. The number of hydrogen-bond acceptors (Lipinski definition) is 7. The summed E-state index contributed by atoms with van der Waals surface area (Å²) in [6.07, 6.45) is 5.44. The molecule has 0 radical (unpaired) electrons. The lowest BCUT2D eigenvalue weighted by Crippen LogP contribution is -2.33. The lowest BCUT2D eigenvalue weighted by Gasteiger charge is -2.25. The van der Waals surface area contributed by atoms with Crippen LogP contribution in [0.4, 0.5) is 14.8 Å². The molecule has 4 aromatic heterocycles. The fraction of sp³-hybridized carbons (Fsp3) is 0.227. The van der Waals surface area contributed by atoms with Crippen molar-refractivity contribution in [3.05, 3.63) is 52.9 Å². The topological polar surface area (TPSA) is 55.3 Å². The SMILES string of the molecule is C/C=C\c1sc2c(N(C(=O)OC(C)(C)C)c3cccs3)snc2c1-c1ccccn1. The van der Waals surface area contributed by atoms with Gasteiger partial charge in [0.25, 0.3) is 0 Å². The molecule has 0 atom stereocenters. The third-order valence-electron chi connectivity index (χ3n) is 4.07. The Bertz CT molecular complexity index is 1190. The van der Waals surface area contributed by atoms with Crippen LogP contribution in [0, 0.1) is 0 Å². The number of nitrogens with zero attached hydrogens (tertiary/aromatic N) is 3. The van der Waals surface area contributed by atoms with E-state index in [0.717, 1.165) is 36.4 Å². The van der Waals surface area contributed by atoms with E-state index in [9.17, 15) is 4.79 Å². The number of amides is 1. The number of allylic oxidation sites excluding steroid dienone is 1. The third-order valence-corrected chi connectivity index (χ3v) is 7.04. The monoisotopic (exact) mass is 455 g/mol. The summed E-state index contributed by atoms with van der Waals surface area (Å²) in [5.74, 6) is 0. The highest BCUT2D eigenvalue weighted by Gasteiger charge is 2.30. The van der Waals surface area contributed by atoms with E-state index in [1.807, 2.05) is 69.5 Å². The molecule has 5 nitrogen and oxygen atoms in total. The zero-order valence-corrected chi connectivity index (χ0v) is 19.5. The van der Waals surface area contributed by atoms with E-state index in [2.05, 4.69) is 11.1 Å². The predicted octanol–water partition coefficient (Wildman–Crippen LogP) is 7.59. The van der Waals surface area contributed by atoms with Gasteiger partial charge < -0.3 is 4.74 Å². The fourth-order valence-electron chi connectivity index (χ4n) is 2.95. The van der Waals surface area contributed by atoms with Crippen molar-refractivity contribution in [3.8, 4) is 11.3 Å². The molecule has 4 aromatic rings. The standard InChI is InChI=1S/C22H21N3O2S3/c1-5-9-15-17(14-10-6-7-12-23-14)18-19(29-15)20(30-24-18)25(16-11-8-13-28-16)21(26)27-22(2,3)4/h5-13H,1-4H3/b9-5-. The molecule has 8 heteroatoms. The fourth-order valence-corrected chi connectivity index (χ4v) is 5.97. The van der Waals surface area contributed by atoms with Gasteiger partial charge in [-0.25, -0.2) is 9.69 Å². The van der Waals surface area contributed by atoms with Crippen LogP contribution in [0.1, 0.15) is 32.6 Å². The predicted molar refractivity (Wildman–Crippen MR) is 128 cm³/mol. The second kappa shape index (κ2) is 8.29. The molecular formula is C22H21N3O2S3. The van der Waals surface area contributed by atoms with Gasteiger partial charge in [-0.3, -0.25) is 4.98 Å². The molecule has 154 valence electrons. The second-order valence-corrected chi connectivity index (χ2v) is 10.2. The quantitative estimate of drug-likeness (QED) is 0.318. The molecule has 0 aromatic carbocycles. The van der Waals surface area contributed by atoms with Crippen LogP contribution in [0.3, 0.4) is 0 Å². The molecule has 0 saturated heterocycles. The van der Waals surface area contributed by atoms with E-state index in [0.29, 0.717) is 0 Å². The number of fused-ring (bicyclic) bond motifs is 1. The number of carbonyl (C=O) groups is 1. The summed E-state index contributed by atoms with van der Waals surface area (Å²) >= 11 is 4.41. The Morgan fingerprint density at radius 3 is 2.67 bits per heavy atom.